The third-order valence-electron chi connectivity index (χ3n) is 2.18. The molecule has 14 heavy (non-hydrogen) atoms. The summed E-state index contributed by atoms with van der Waals surface area (Å²) in [6.45, 7) is 0.987. The highest BCUT2D eigenvalue weighted by atomic mass is 32.2. The highest BCUT2D eigenvalue weighted by Gasteiger charge is 2.28. The first kappa shape index (κ1) is 11.6. The van der Waals surface area contributed by atoms with Gasteiger partial charge in [0, 0.05) is 6.54 Å². The molecule has 0 spiro atoms. The van der Waals surface area contributed by atoms with Crippen molar-refractivity contribution in [1.82, 2.24) is 4.90 Å². The van der Waals surface area contributed by atoms with E-state index in [1.54, 1.807) is 0 Å². The summed E-state index contributed by atoms with van der Waals surface area (Å²) in [7, 11) is 0. The SMILES string of the molecule is CSC(=S)OCC1CCCN1C(=O)O. The Labute approximate surface area is 92.6 Å². The van der Waals surface area contributed by atoms with Crippen molar-refractivity contribution < 1.29 is 14.6 Å². The molecule has 0 aromatic rings. The Hall–Kier alpha value is -0.490. The molecule has 1 atom stereocenters. The van der Waals surface area contributed by atoms with Crippen LogP contribution >= 0.6 is 24.0 Å². The van der Waals surface area contributed by atoms with Crippen LogP contribution in [0.25, 0.3) is 0 Å². The van der Waals surface area contributed by atoms with E-state index in [0.717, 1.165) is 12.8 Å². The van der Waals surface area contributed by atoms with Gasteiger partial charge in [0.15, 0.2) is 0 Å². The van der Waals surface area contributed by atoms with Crippen molar-refractivity contribution in [3.05, 3.63) is 0 Å². The molecule has 80 valence electrons. The van der Waals surface area contributed by atoms with E-state index < -0.39 is 6.09 Å². The van der Waals surface area contributed by atoms with Gasteiger partial charge in [0.2, 0.25) is 4.38 Å². The summed E-state index contributed by atoms with van der Waals surface area (Å²) in [5.74, 6) is 0. The van der Waals surface area contributed by atoms with E-state index in [0.29, 0.717) is 17.5 Å². The van der Waals surface area contributed by atoms with Crippen LogP contribution in [0.4, 0.5) is 4.79 Å². The van der Waals surface area contributed by atoms with Gasteiger partial charge < -0.3 is 14.7 Å². The third-order valence-corrected chi connectivity index (χ3v) is 3.25. The van der Waals surface area contributed by atoms with Crippen molar-refractivity contribution in [1.29, 1.82) is 0 Å². The van der Waals surface area contributed by atoms with Crippen LogP contribution in [0.5, 0.6) is 0 Å². The molecule has 1 amide bonds. The Morgan fingerprint density at radius 3 is 3.07 bits per heavy atom. The second-order valence-electron chi connectivity index (χ2n) is 3.04. The molecule has 1 aliphatic rings. The minimum atomic E-state index is -0.869. The molecule has 6 heteroatoms. The van der Waals surface area contributed by atoms with E-state index in [9.17, 15) is 4.79 Å². The quantitative estimate of drug-likeness (QED) is 0.739. The Morgan fingerprint density at radius 2 is 2.50 bits per heavy atom. The summed E-state index contributed by atoms with van der Waals surface area (Å²) >= 11 is 6.23. The summed E-state index contributed by atoms with van der Waals surface area (Å²) < 4.78 is 5.72. The zero-order valence-corrected chi connectivity index (χ0v) is 9.57. The van der Waals surface area contributed by atoms with Gasteiger partial charge in [-0.2, -0.15) is 0 Å². The van der Waals surface area contributed by atoms with Crippen LogP contribution in [0.2, 0.25) is 0 Å². The zero-order chi connectivity index (χ0) is 10.6. The molecular formula is C8H13NO3S2. The molecule has 1 fully saturated rings. The highest BCUT2D eigenvalue weighted by molar-refractivity contribution is 8.22. The fraction of sp³-hybridized carbons (Fsp3) is 0.750. The molecule has 1 saturated heterocycles. The third kappa shape index (κ3) is 3.02. The maximum Gasteiger partial charge on any atom is 0.407 e. The van der Waals surface area contributed by atoms with Crippen LogP contribution in [0.1, 0.15) is 12.8 Å². The smallest absolute Gasteiger partial charge is 0.407 e. The number of rotatable bonds is 2. The first-order valence-corrected chi connectivity index (χ1v) is 5.98. The minimum absolute atomic E-state index is 0.0300. The van der Waals surface area contributed by atoms with Crippen LogP contribution in [0.3, 0.4) is 0 Å². The number of carbonyl (C=O) groups is 1. The van der Waals surface area contributed by atoms with E-state index in [2.05, 4.69) is 0 Å². The molecule has 0 bridgehead atoms. The van der Waals surface area contributed by atoms with Gasteiger partial charge in [-0.15, -0.1) is 0 Å². The predicted molar refractivity (Wildman–Crippen MR) is 59.8 cm³/mol. The summed E-state index contributed by atoms with van der Waals surface area (Å²) in [6.07, 6.45) is 2.74. The van der Waals surface area contributed by atoms with Gasteiger partial charge in [0.25, 0.3) is 0 Å². The Bertz CT molecular complexity index is 235. The van der Waals surface area contributed by atoms with Gasteiger partial charge in [-0.05, 0) is 31.3 Å². The largest absolute Gasteiger partial charge is 0.476 e. The van der Waals surface area contributed by atoms with Crippen molar-refractivity contribution in [3.8, 4) is 0 Å². The second kappa shape index (κ2) is 5.41. The lowest BCUT2D eigenvalue weighted by molar-refractivity contribution is 0.123. The Balaban J connectivity index is 2.36. The van der Waals surface area contributed by atoms with Crippen LogP contribution < -0.4 is 0 Å². The number of hydrogen-bond acceptors (Lipinski definition) is 4. The first-order chi connectivity index (χ1) is 6.65. The topological polar surface area (TPSA) is 49.8 Å². The zero-order valence-electron chi connectivity index (χ0n) is 7.93. The Morgan fingerprint density at radius 1 is 1.79 bits per heavy atom. The van der Waals surface area contributed by atoms with Crippen LogP contribution in [0.15, 0.2) is 0 Å². The number of nitrogens with zero attached hydrogens (tertiary/aromatic N) is 1. The van der Waals surface area contributed by atoms with Gasteiger partial charge in [0.05, 0.1) is 6.04 Å². The van der Waals surface area contributed by atoms with Crippen molar-refractivity contribution in [2.45, 2.75) is 18.9 Å². The molecular weight excluding hydrogens is 222 g/mol. The second-order valence-corrected chi connectivity index (χ2v) is 4.45. The van der Waals surface area contributed by atoms with Gasteiger partial charge in [-0.3, -0.25) is 0 Å². The number of likely N-dealkylation sites (tertiary alicyclic amines) is 1. The summed E-state index contributed by atoms with van der Waals surface area (Å²) in [5.41, 5.74) is 0. The first-order valence-electron chi connectivity index (χ1n) is 4.35. The molecule has 1 rings (SSSR count). The van der Waals surface area contributed by atoms with Crippen LogP contribution in [-0.4, -0.2) is 45.9 Å². The molecule has 0 aliphatic carbocycles. The maximum absolute atomic E-state index is 10.8. The molecule has 0 aromatic heterocycles. The van der Waals surface area contributed by atoms with E-state index in [1.165, 1.54) is 16.7 Å². The maximum atomic E-state index is 10.8. The highest BCUT2D eigenvalue weighted by Crippen LogP contribution is 2.18. The molecule has 4 nitrogen and oxygen atoms in total. The monoisotopic (exact) mass is 235 g/mol. The fourth-order valence-electron chi connectivity index (χ4n) is 1.48. The summed E-state index contributed by atoms with van der Waals surface area (Å²) in [5, 5.41) is 8.84. The van der Waals surface area contributed by atoms with Crippen molar-refractivity contribution >= 4 is 34.5 Å². The molecule has 0 aromatic carbocycles. The Kier molecular flexibility index (Phi) is 4.47. The van der Waals surface area contributed by atoms with Gasteiger partial charge >= 0.3 is 6.09 Å². The number of amides is 1. The van der Waals surface area contributed by atoms with E-state index in [-0.39, 0.29) is 6.04 Å². The number of thioether (sulfide) groups is 1. The van der Waals surface area contributed by atoms with E-state index in [1.807, 2.05) is 6.26 Å². The van der Waals surface area contributed by atoms with Crippen LogP contribution in [-0.2, 0) is 4.74 Å². The average Bonchev–Trinajstić information content (AvgIpc) is 2.62. The molecule has 1 aliphatic heterocycles. The fourth-order valence-corrected chi connectivity index (χ4v) is 1.74. The molecule has 1 unspecified atom stereocenters. The van der Waals surface area contributed by atoms with Crippen molar-refractivity contribution in [2.75, 3.05) is 19.4 Å². The lowest BCUT2D eigenvalue weighted by Gasteiger charge is -2.21. The lowest BCUT2D eigenvalue weighted by Crippen LogP contribution is -2.37. The van der Waals surface area contributed by atoms with E-state index in [4.69, 9.17) is 22.1 Å². The summed E-state index contributed by atoms with van der Waals surface area (Å²) in [6, 6.07) is -0.0300. The predicted octanol–water partition coefficient (Wildman–Crippen LogP) is 1.79. The van der Waals surface area contributed by atoms with Crippen molar-refractivity contribution in [2.24, 2.45) is 0 Å². The molecule has 0 radical (unpaired) electrons. The average molecular weight is 235 g/mol. The molecule has 0 saturated carbocycles. The standard InChI is InChI=1S/C8H13NO3S2/c1-14-8(13)12-5-6-3-2-4-9(6)7(10)11/h6H,2-5H2,1H3,(H,10,11). The number of hydrogen-bond donors (Lipinski definition) is 1. The van der Waals surface area contributed by atoms with E-state index >= 15 is 0 Å². The lowest BCUT2D eigenvalue weighted by atomic mass is 10.2. The number of carboxylic acid groups (broad SMARTS) is 1. The van der Waals surface area contributed by atoms with Crippen molar-refractivity contribution in [3.63, 3.8) is 0 Å². The van der Waals surface area contributed by atoms with Gasteiger partial charge in [-0.25, -0.2) is 4.79 Å². The number of thiocarbonyl (C=S) groups is 1. The van der Waals surface area contributed by atoms with Gasteiger partial charge in [0.1, 0.15) is 6.61 Å². The molecule has 1 N–H and O–H groups in total. The van der Waals surface area contributed by atoms with Crippen LogP contribution in [0, 0.1) is 0 Å². The van der Waals surface area contributed by atoms with Gasteiger partial charge in [-0.1, -0.05) is 11.8 Å². The molecule has 1 heterocycles. The normalized spacial score (nSPS) is 20.9. The minimum Gasteiger partial charge on any atom is -0.476 e. The summed E-state index contributed by atoms with van der Waals surface area (Å²) in [4.78, 5) is 12.2. The number of ether oxygens (including phenoxy) is 1.